The van der Waals surface area contributed by atoms with Gasteiger partial charge in [-0.25, -0.2) is 4.79 Å². The minimum atomic E-state index is -1.28. The molecule has 5 aromatic carbocycles. The van der Waals surface area contributed by atoms with Gasteiger partial charge in [-0.2, -0.15) is 5.26 Å². The van der Waals surface area contributed by atoms with E-state index in [1.807, 2.05) is 30.3 Å². The first-order valence-electron chi connectivity index (χ1n) is 18.8. The zero-order valence-electron chi connectivity index (χ0n) is 31.6. The van der Waals surface area contributed by atoms with Crippen molar-refractivity contribution in [2.45, 2.75) is 44.2 Å². The summed E-state index contributed by atoms with van der Waals surface area (Å²) in [6.45, 7) is 0.305. The van der Waals surface area contributed by atoms with Gasteiger partial charge in [0, 0.05) is 24.9 Å². The van der Waals surface area contributed by atoms with Gasteiger partial charge >= 0.3 is 5.97 Å². The van der Waals surface area contributed by atoms with Crippen LogP contribution in [-0.4, -0.2) is 45.8 Å². The number of halogens is 2. The summed E-state index contributed by atoms with van der Waals surface area (Å²) in [5.41, 5.74) is 6.31. The molecule has 0 radical (unpaired) electrons. The highest BCUT2D eigenvalue weighted by Gasteiger charge is 2.39. The molecule has 0 spiro atoms. The number of rotatable bonds is 11. The number of ether oxygens (including phenoxy) is 2. The standard InChI is InChI=1S/C46H34Cl2N4O7S/c47-35-16-7-28(18-36(35)48)25-58-34-14-12-31(13-15-34)42-44(54)50-37-20-32-21-39(52(24-33(32)22-40(37)59-42)45(55)41-2-1-17-60-41)43(53)51-38(46(56)57)19-26-3-8-29(9-4-26)30-10-5-27(23-49)6-11-30/h1-18,20,22,38-39,42H,19,21,24-25H2,(H,50,54)(H,51,53)(H,56,57)/t38-,39?,42?/m0/s1. The van der Waals surface area contributed by atoms with E-state index in [1.54, 1.807) is 90.3 Å². The highest BCUT2D eigenvalue weighted by Crippen LogP contribution is 2.40. The molecule has 1 aromatic heterocycles. The number of carbonyl (C=O) groups is 4. The first-order valence-corrected chi connectivity index (χ1v) is 20.4. The zero-order valence-corrected chi connectivity index (χ0v) is 33.9. The average molecular weight is 858 g/mol. The summed E-state index contributed by atoms with van der Waals surface area (Å²) < 4.78 is 12.2. The van der Waals surface area contributed by atoms with E-state index in [9.17, 15) is 24.3 Å². The zero-order chi connectivity index (χ0) is 41.9. The number of aliphatic carboxylic acids is 1. The number of benzene rings is 5. The van der Waals surface area contributed by atoms with Crippen LogP contribution in [0, 0.1) is 11.3 Å². The largest absolute Gasteiger partial charge is 0.489 e. The van der Waals surface area contributed by atoms with Crippen LogP contribution in [0.5, 0.6) is 11.5 Å². The molecule has 3 heterocycles. The Balaban J connectivity index is 0.981. The number of fused-ring (bicyclic) bond motifs is 2. The van der Waals surface area contributed by atoms with Crippen molar-refractivity contribution in [1.29, 1.82) is 5.26 Å². The molecule has 0 fully saturated rings. The number of carboxylic acid groups (broad SMARTS) is 1. The molecule has 2 unspecified atom stereocenters. The molecule has 8 rings (SSSR count). The maximum atomic E-state index is 14.1. The Labute approximate surface area is 358 Å². The summed E-state index contributed by atoms with van der Waals surface area (Å²) in [5.74, 6) is -1.61. The fourth-order valence-electron chi connectivity index (χ4n) is 7.21. The molecule has 60 heavy (non-hydrogen) atoms. The summed E-state index contributed by atoms with van der Waals surface area (Å²) in [7, 11) is 0. The summed E-state index contributed by atoms with van der Waals surface area (Å²) in [6, 6.07) is 33.4. The molecule has 0 aliphatic carbocycles. The van der Waals surface area contributed by atoms with Crippen LogP contribution in [0.1, 0.15) is 49.2 Å². The van der Waals surface area contributed by atoms with Gasteiger partial charge in [0.2, 0.25) is 12.0 Å². The Morgan fingerprint density at radius 3 is 2.30 bits per heavy atom. The first kappa shape index (κ1) is 40.1. The topological polar surface area (TPSA) is 158 Å². The summed E-state index contributed by atoms with van der Waals surface area (Å²) in [6.07, 6.45) is -0.894. The fourth-order valence-corrected chi connectivity index (χ4v) is 8.21. The normalized spacial score (nSPS) is 15.9. The van der Waals surface area contributed by atoms with Crippen LogP contribution >= 0.6 is 34.5 Å². The van der Waals surface area contributed by atoms with E-state index in [0.717, 1.165) is 22.3 Å². The molecule has 14 heteroatoms. The number of carbonyl (C=O) groups excluding carboxylic acids is 3. The molecule has 6 aromatic rings. The van der Waals surface area contributed by atoms with E-state index in [4.69, 9.17) is 37.9 Å². The SMILES string of the molecule is N#Cc1ccc(-c2ccc(C[C@H](NC(=O)C3Cc4cc5c(cc4CN3C(=O)c3cccs3)OC(c3ccc(OCc4ccc(Cl)c(Cl)c4)cc3)C(=O)N5)C(=O)O)cc2)cc1. The lowest BCUT2D eigenvalue weighted by atomic mass is 9.91. The Morgan fingerprint density at radius 1 is 0.917 bits per heavy atom. The highest BCUT2D eigenvalue weighted by molar-refractivity contribution is 7.12. The molecule has 2 aliphatic rings. The summed E-state index contributed by atoms with van der Waals surface area (Å²) in [4.78, 5) is 55.8. The number of nitriles is 1. The van der Waals surface area contributed by atoms with Crippen molar-refractivity contribution >= 4 is 63.9 Å². The lowest BCUT2D eigenvalue weighted by Crippen LogP contribution is -2.55. The number of anilines is 1. The number of nitrogens with zero attached hydrogens (tertiary/aromatic N) is 2. The Hall–Kier alpha value is -6.65. The maximum Gasteiger partial charge on any atom is 0.326 e. The first-order chi connectivity index (χ1) is 29.0. The second-order valence-corrected chi connectivity index (χ2v) is 16.1. The summed E-state index contributed by atoms with van der Waals surface area (Å²) >= 11 is 13.4. The predicted molar refractivity (Wildman–Crippen MR) is 227 cm³/mol. The van der Waals surface area contributed by atoms with Gasteiger partial charge in [-0.15, -0.1) is 11.3 Å². The molecule has 0 bridgehead atoms. The van der Waals surface area contributed by atoms with Crippen LogP contribution in [-0.2, 0) is 40.4 Å². The maximum absolute atomic E-state index is 14.1. The van der Waals surface area contributed by atoms with Crippen LogP contribution in [0.25, 0.3) is 11.1 Å². The van der Waals surface area contributed by atoms with E-state index >= 15 is 0 Å². The van der Waals surface area contributed by atoms with Gasteiger partial charge in [-0.3, -0.25) is 14.4 Å². The Bertz CT molecular complexity index is 2650. The van der Waals surface area contributed by atoms with Crippen molar-refractivity contribution < 1.29 is 33.8 Å². The lowest BCUT2D eigenvalue weighted by Gasteiger charge is -2.37. The van der Waals surface area contributed by atoms with Crippen LogP contribution in [0.4, 0.5) is 5.69 Å². The van der Waals surface area contributed by atoms with Gasteiger partial charge in [-0.1, -0.05) is 83.9 Å². The molecule has 2 aliphatic heterocycles. The van der Waals surface area contributed by atoms with Crippen molar-refractivity contribution in [2.24, 2.45) is 0 Å². The van der Waals surface area contributed by atoms with Crippen LogP contribution in [0.3, 0.4) is 0 Å². The molecule has 3 N–H and O–H groups in total. The number of hydrogen-bond acceptors (Lipinski definition) is 8. The molecule has 300 valence electrons. The second-order valence-electron chi connectivity index (χ2n) is 14.3. The third-order valence-corrected chi connectivity index (χ3v) is 12.0. The quantitative estimate of drug-likeness (QED) is 0.117. The number of hydrogen-bond donors (Lipinski definition) is 3. The van der Waals surface area contributed by atoms with Crippen molar-refractivity contribution in [1.82, 2.24) is 10.2 Å². The summed E-state index contributed by atoms with van der Waals surface area (Å²) in [5, 5.41) is 27.6. The smallest absolute Gasteiger partial charge is 0.326 e. The van der Waals surface area contributed by atoms with Gasteiger partial charge in [-0.05, 0) is 93.4 Å². The number of carboxylic acids is 1. The van der Waals surface area contributed by atoms with E-state index in [-0.39, 0.29) is 37.8 Å². The van der Waals surface area contributed by atoms with Crippen molar-refractivity contribution in [3.8, 4) is 28.7 Å². The Kier molecular flexibility index (Phi) is 11.6. The second kappa shape index (κ2) is 17.3. The van der Waals surface area contributed by atoms with E-state index in [2.05, 4.69) is 16.7 Å². The van der Waals surface area contributed by atoms with E-state index < -0.39 is 30.1 Å². The number of nitrogens with one attached hydrogen (secondary N) is 2. The minimum absolute atomic E-state index is 0.00340. The van der Waals surface area contributed by atoms with Crippen LogP contribution in [0.15, 0.2) is 121 Å². The molecule has 11 nitrogen and oxygen atoms in total. The van der Waals surface area contributed by atoms with Gasteiger partial charge in [0.15, 0.2) is 0 Å². The van der Waals surface area contributed by atoms with Gasteiger partial charge < -0.3 is 30.1 Å². The lowest BCUT2D eigenvalue weighted by molar-refractivity contribution is -0.142. The van der Waals surface area contributed by atoms with Crippen molar-refractivity contribution in [3.63, 3.8) is 0 Å². The molecule has 3 amide bonds. The number of thiophene rings is 1. The molecular weight excluding hydrogens is 823 g/mol. The van der Waals surface area contributed by atoms with Gasteiger partial charge in [0.05, 0.1) is 32.2 Å². The Morgan fingerprint density at radius 2 is 1.63 bits per heavy atom. The monoisotopic (exact) mass is 856 g/mol. The van der Waals surface area contributed by atoms with E-state index in [1.165, 1.54) is 16.2 Å². The van der Waals surface area contributed by atoms with Crippen molar-refractivity contribution in [3.05, 3.63) is 169 Å². The molecule has 0 saturated heterocycles. The van der Waals surface area contributed by atoms with Crippen LogP contribution in [0.2, 0.25) is 10.0 Å². The molecule has 3 atom stereocenters. The molecule has 0 saturated carbocycles. The third-order valence-electron chi connectivity index (χ3n) is 10.4. The third kappa shape index (κ3) is 8.70. The predicted octanol–water partition coefficient (Wildman–Crippen LogP) is 8.62. The van der Waals surface area contributed by atoms with Gasteiger partial charge in [0.25, 0.3) is 11.8 Å². The van der Waals surface area contributed by atoms with E-state index in [0.29, 0.717) is 54.4 Å². The van der Waals surface area contributed by atoms with Gasteiger partial charge in [0.1, 0.15) is 30.2 Å². The van der Waals surface area contributed by atoms with Crippen LogP contribution < -0.4 is 20.1 Å². The highest BCUT2D eigenvalue weighted by atomic mass is 35.5. The minimum Gasteiger partial charge on any atom is -0.489 e. The average Bonchev–Trinajstić information content (AvgIpc) is 3.81. The molecular formula is C46H34Cl2N4O7S. The fraction of sp³-hybridized carbons (Fsp3) is 0.152. The number of amides is 3. The van der Waals surface area contributed by atoms with Crippen molar-refractivity contribution in [2.75, 3.05) is 5.32 Å².